The molecule has 1 atom stereocenters. The summed E-state index contributed by atoms with van der Waals surface area (Å²) in [5, 5.41) is 8.77. The molecule has 0 radical (unpaired) electrons. The average Bonchev–Trinajstić information content (AvgIpc) is 2.32. The molecule has 0 aromatic heterocycles. The van der Waals surface area contributed by atoms with Crippen molar-refractivity contribution in [1.29, 1.82) is 5.26 Å². The van der Waals surface area contributed by atoms with Crippen LogP contribution in [0.2, 0.25) is 0 Å². The quantitative estimate of drug-likeness (QED) is 0.844. The van der Waals surface area contributed by atoms with Crippen LogP contribution in [0.4, 0.5) is 4.39 Å². The molecule has 0 aliphatic carbocycles. The van der Waals surface area contributed by atoms with E-state index < -0.39 is 5.82 Å². The van der Waals surface area contributed by atoms with E-state index >= 15 is 0 Å². The molecule has 4 heteroatoms. The van der Waals surface area contributed by atoms with Crippen LogP contribution >= 0.6 is 0 Å². The molecule has 1 aliphatic rings. The summed E-state index contributed by atoms with van der Waals surface area (Å²) in [5.74, 6) is -0.394. The molecule has 0 bridgehead atoms. The molecular formula is C13H16FN3. The van der Waals surface area contributed by atoms with Gasteiger partial charge in [-0.3, -0.25) is 4.90 Å². The van der Waals surface area contributed by atoms with Crippen LogP contribution in [0.25, 0.3) is 0 Å². The smallest absolute Gasteiger partial charge is 0.145 e. The molecule has 2 rings (SSSR count). The first-order valence-electron chi connectivity index (χ1n) is 5.86. The summed E-state index contributed by atoms with van der Waals surface area (Å²) in [5.41, 5.74) is 6.58. The van der Waals surface area contributed by atoms with E-state index in [9.17, 15) is 4.39 Å². The van der Waals surface area contributed by atoms with Gasteiger partial charge in [0.1, 0.15) is 11.9 Å². The Morgan fingerprint density at radius 1 is 1.53 bits per heavy atom. The van der Waals surface area contributed by atoms with E-state index in [4.69, 9.17) is 11.0 Å². The number of hydrogen-bond acceptors (Lipinski definition) is 3. The van der Waals surface area contributed by atoms with E-state index in [0.717, 1.165) is 25.9 Å². The van der Waals surface area contributed by atoms with Crippen molar-refractivity contribution < 1.29 is 4.39 Å². The third-order valence-electron chi connectivity index (χ3n) is 3.14. The van der Waals surface area contributed by atoms with Crippen molar-refractivity contribution in [2.75, 3.05) is 13.1 Å². The predicted octanol–water partition coefficient (Wildman–Crippen LogP) is 1.62. The van der Waals surface area contributed by atoms with Crippen LogP contribution < -0.4 is 5.73 Å². The fourth-order valence-electron chi connectivity index (χ4n) is 2.26. The first-order chi connectivity index (χ1) is 8.20. The highest BCUT2D eigenvalue weighted by atomic mass is 19.1. The number of nitrogens with two attached hydrogens (primary N) is 1. The monoisotopic (exact) mass is 233 g/mol. The summed E-state index contributed by atoms with van der Waals surface area (Å²) >= 11 is 0. The molecule has 1 heterocycles. The average molecular weight is 233 g/mol. The zero-order valence-electron chi connectivity index (χ0n) is 9.69. The third-order valence-corrected chi connectivity index (χ3v) is 3.14. The van der Waals surface area contributed by atoms with Crippen molar-refractivity contribution in [2.24, 2.45) is 5.73 Å². The van der Waals surface area contributed by atoms with Gasteiger partial charge >= 0.3 is 0 Å². The molecule has 0 saturated carbocycles. The Labute approximate surface area is 101 Å². The van der Waals surface area contributed by atoms with Gasteiger partial charge in [-0.05, 0) is 25.5 Å². The third kappa shape index (κ3) is 2.82. The second kappa shape index (κ2) is 5.26. The second-order valence-corrected chi connectivity index (χ2v) is 4.53. The number of piperidine rings is 1. The van der Waals surface area contributed by atoms with E-state index in [0.29, 0.717) is 12.1 Å². The molecule has 2 N–H and O–H groups in total. The standard InChI is InChI=1S/C13H16FN3/c14-13-10(7-15)3-1-4-11(13)8-17-6-2-5-12(16)9-17/h1,3-4,12H,2,5-6,8-9,16H2. The topological polar surface area (TPSA) is 53.0 Å². The Hall–Kier alpha value is -1.44. The molecule has 1 aromatic carbocycles. The molecule has 1 aromatic rings. The summed E-state index contributed by atoms with van der Waals surface area (Å²) in [4.78, 5) is 2.15. The number of hydrogen-bond donors (Lipinski definition) is 1. The van der Waals surface area contributed by atoms with Gasteiger partial charge < -0.3 is 5.73 Å². The van der Waals surface area contributed by atoms with Gasteiger partial charge in [0.15, 0.2) is 0 Å². The van der Waals surface area contributed by atoms with Gasteiger partial charge in [0, 0.05) is 24.7 Å². The van der Waals surface area contributed by atoms with Crippen molar-refractivity contribution in [3.63, 3.8) is 0 Å². The van der Waals surface area contributed by atoms with E-state index in [1.54, 1.807) is 12.1 Å². The highest BCUT2D eigenvalue weighted by molar-refractivity contribution is 5.34. The minimum atomic E-state index is -0.394. The van der Waals surface area contributed by atoms with Gasteiger partial charge in [0.05, 0.1) is 5.56 Å². The second-order valence-electron chi connectivity index (χ2n) is 4.53. The minimum absolute atomic E-state index is 0.115. The number of benzene rings is 1. The summed E-state index contributed by atoms with van der Waals surface area (Å²) < 4.78 is 13.8. The molecule has 1 aliphatic heterocycles. The number of nitrogens with zero attached hydrogens (tertiary/aromatic N) is 2. The van der Waals surface area contributed by atoms with E-state index in [1.165, 1.54) is 6.07 Å². The van der Waals surface area contributed by atoms with E-state index in [2.05, 4.69) is 4.90 Å². The predicted molar refractivity (Wildman–Crippen MR) is 63.6 cm³/mol. The van der Waals surface area contributed by atoms with Crippen LogP contribution in [-0.2, 0) is 6.54 Å². The first kappa shape index (κ1) is 12.0. The lowest BCUT2D eigenvalue weighted by Gasteiger charge is -2.30. The molecule has 90 valence electrons. The fourth-order valence-corrected chi connectivity index (χ4v) is 2.26. The zero-order valence-corrected chi connectivity index (χ0v) is 9.69. The van der Waals surface area contributed by atoms with E-state index in [1.807, 2.05) is 6.07 Å². The molecule has 3 nitrogen and oxygen atoms in total. The highest BCUT2D eigenvalue weighted by Crippen LogP contribution is 2.17. The number of halogens is 1. The van der Waals surface area contributed by atoms with Crippen LogP contribution in [0.5, 0.6) is 0 Å². The van der Waals surface area contributed by atoms with Crippen LogP contribution in [0.15, 0.2) is 18.2 Å². The van der Waals surface area contributed by atoms with Gasteiger partial charge in [-0.2, -0.15) is 5.26 Å². The lowest BCUT2D eigenvalue weighted by molar-refractivity contribution is 0.199. The van der Waals surface area contributed by atoms with Gasteiger partial charge in [0.2, 0.25) is 0 Å². The molecule has 1 saturated heterocycles. The lowest BCUT2D eigenvalue weighted by Crippen LogP contribution is -2.42. The normalized spacial score (nSPS) is 21.1. The van der Waals surface area contributed by atoms with Gasteiger partial charge in [-0.1, -0.05) is 12.1 Å². The van der Waals surface area contributed by atoms with Crippen LogP contribution in [0.1, 0.15) is 24.0 Å². The largest absolute Gasteiger partial charge is 0.327 e. The maximum Gasteiger partial charge on any atom is 0.145 e. The maximum atomic E-state index is 13.8. The van der Waals surface area contributed by atoms with Crippen molar-refractivity contribution in [3.8, 4) is 6.07 Å². The number of rotatable bonds is 2. The minimum Gasteiger partial charge on any atom is -0.327 e. The van der Waals surface area contributed by atoms with Crippen molar-refractivity contribution in [2.45, 2.75) is 25.4 Å². The fraction of sp³-hybridized carbons (Fsp3) is 0.462. The first-order valence-corrected chi connectivity index (χ1v) is 5.86. The molecule has 1 unspecified atom stereocenters. The molecular weight excluding hydrogens is 217 g/mol. The SMILES string of the molecule is N#Cc1cccc(CN2CCCC(N)C2)c1F. The van der Waals surface area contributed by atoms with Gasteiger partial charge in [-0.15, -0.1) is 0 Å². The maximum absolute atomic E-state index is 13.8. The van der Waals surface area contributed by atoms with E-state index in [-0.39, 0.29) is 11.6 Å². The van der Waals surface area contributed by atoms with Crippen molar-refractivity contribution in [3.05, 3.63) is 35.1 Å². The molecule has 0 spiro atoms. The number of likely N-dealkylation sites (tertiary alicyclic amines) is 1. The summed E-state index contributed by atoms with van der Waals surface area (Å²) in [6.45, 7) is 2.29. The Bertz CT molecular complexity index is 439. The van der Waals surface area contributed by atoms with Crippen LogP contribution in [0, 0.1) is 17.1 Å². The van der Waals surface area contributed by atoms with Gasteiger partial charge in [-0.25, -0.2) is 4.39 Å². The Balaban J connectivity index is 2.11. The van der Waals surface area contributed by atoms with Crippen molar-refractivity contribution >= 4 is 0 Å². The summed E-state index contributed by atoms with van der Waals surface area (Å²) in [6.07, 6.45) is 2.10. The number of nitriles is 1. The molecule has 0 amide bonds. The van der Waals surface area contributed by atoms with Crippen molar-refractivity contribution in [1.82, 2.24) is 4.90 Å². The Morgan fingerprint density at radius 3 is 3.06 bits per heavy atom. The lowest BCUT2D eigenvalue weighted by atomic mass is 10.0. The van der Waals surface area contributed by atoms with Crippen LogP contribution in [0.3, 0.4) is 0 Å². The van der Waals surface area contributed by atoms with Crippen LogP contribution in [-0.4, -0.2) is 24.0 Å². The molecule has 1 fully saturated rings. The zero-order chi connectivity index (χ0) is 12.3. The molecule has 17 heavy (non-hydrogen) atoms. The van der Waals surface area contributed by atoms with Gasteiger partial charge in [0.25, 0.3) is 0 Å². The highest BCUT2D eigenvalue weighted by Gasteiger charge is 2.18. The summed E-state index contributed by atoms with van der Waals surface area (Å²) in [6, 6.07) is 7.01. The Kier molecular flexibility index (Phi) is 3.72. The summed E-state index contributed by atoms with van der Waals surface area (Å²) in [7, 11) is 0. The Morgan fingerprint density at radius 2 is 2.35 bits per heavy atom.